The van der Waals surface area contributed by atoms with Crippen molar-refractivity contribution in [3.8, 4) is 0 Å². The zero-order chi connectivity index (χ0) is 23.2. The van der Waals surface area contributed by atoms with E-state index in [1.807, 2.05) is 44.2 Å². The molecule has 4 fully saturated rings. The molecule has 4 aliphatic rings. The van der Waals surface area contributed by atoms with Crippen LogP contribution in [0.25, 0.3) is 0 Å². The number of hydrogen-bond donors (Lipinski definition) is 3. The number of carbonyl (C=O) groups is 2. The first-order valence-corrected chi connectivity index (χ1v) is 12.3. The molecule has 4 aliphatic carbocycles. The molecule has 0 radical (unpaired) electrons. The van der Waals surface area contributed by atoms with Crippen molar-refractivity contribution in [1.82, 2.24) is 5.32 Å². The number of thiocarbonyl (C=S) groups is 1. The van der Waals surface area contributed by atoms with Gasteiger partial charge in [0.2, 0.25) is 5.91 Å². The summed E-state index contributed by atoms with van der Waals surface area (Å²) in [7, 11) is 0. The Labute approximate surface area is 200 Å². The van der Waals surface area contributed by atoms with Crippen LogP contribution in [0.15, 0.2) is 42.5 Å². The van der Waals surface area contributed by atoms with Crippen LogP contribution in [-0.4, -0.2) is 16.9 Å². The van der Waals surface area contributed by atoms with Gasteiger partial charge in [0.1, 0.15) is 0 Å². The quantitative estimate of drug-likeness (QED) is 0.520. The van der Waals surface area contributed by atoms with Crippen LogP contribution in [0.1, 0.15) is 60.0 Å². The lowest BCUT2D eigenvalue weighted by Crippen LogP contribution is -2.55. The molecule has 0 heterocycles. The fourth-order valence-corrected chi connectivity index (χ4v) is 6.79. The van der Waals surface area contributed by atoms with Crippen LogP contribution >= 0.6 is 12.2 Å². The summed E-state index contributed by atoms with van der Waals surface area (Å²) in [4.78, 5) is 26.3. The van der Waals surface area contributed by atoms with Crippen molar-refractivity contribution in [3.05, 3.63) is 59.2 Å². The Morgan fingerprint density at radius 1 is 0.879 bits per heavy atom. The third kappa shape index (κ3) is 4.41. The Hall–Kier alpha value is -2.73. The maximum absolute atomic E-state index is 13.3. The van der Waals surface area contributed by atoms with Gasteiger partial charge in [-0.25, -0.2) is 0 Å². The van der Waals surface area contributed by atoms with E-state index in [-0.39, 0.29) is 22.3 Å². The Morgan fingerprint density at radius 2 is 1.52 bits per heavy atom. The van der Waals surface area contributed by atoms with Gasteiger partial charge in [0.05, 0.1) is 16.7 Å². The van der Waals surface area contributed by atoms with Gasteiger partial charge in [-0.2, -0.15) is 0 Å². The summed E-state index contributed by atoms with van der Waals surface area (Å²) in [6, 6.07) is 13.1. The van der Waals surface area contributed by atoms with Gasteiger partial charge >= 0.3 is 0 Å². The zero-order valence-corrected chi connectivity index (χ0v) is 20.1. The first kappa shape index (κ1) is 22.1. The maximum Gasteiger partial charge on any atom is 0.257 e. The van der Waals surface area contributed by atoms with E-state index in [9.17, 15) is 9.59 Å². The van der Waals surface area contributed by atoms with E-state index in [0.717, 1.165) is 30.5 Å². The van der Waals surface area contributed by atoms with E-state index in [0.29, 0.717) is 29.0 Å². The van der Waals surface area contributed by atoms with E-state index in [4.69, 9.17) is 12.2 Å². The molecule has 0 unspecified atom stereocenters. The average molecular weight is 462 g/mol. The molecule has 33 heavy (non-hydrogen) atoms. The van der Waals surface area contributed by atoms with Crippen molar-refractivity contribution in [2.75, 3.05) is 10.6 Å². The first-order valence-electron chi connectivity index (χ1n) is 11.9. The normalized spacial score (nSPS) is 27.2. The molecule has 6 heteroatoms. The summed E-state index contributed by atoms with van der Waals surface area (Å²) < 4.78 is 0. The molecule has 6 rings (SSSR count). The summed E-state index contributed by atoms with van der Waals surface area (Å²) in [6.45, 7) is 4.06. The third-order valence-corrected chi connectivity index (χ3v) is 8.14. The number of para-hydroxylation sites is 1. The number of benzene rings is 2. The van der Waals surface area contributed by atoms with E-state index in [1.165, 1.54) is 24.8 Å². The topological polar surface area (TPSA) is 70.2 Å². The third-order valence-electron chi connectivity index (χ3n) is 7.93. The standard InChI is InChI=1S/C27H31N3O2S/c1-16-7-8-21(9-17(16)2)28-24(31)22-5-3-4-6-23(22)29-26(33)30-25(32)27-13-18-10-19(14-27)12-20(11-18)15-27/h3-9,18-20H,10-15H2,1-2H3,(H,28,31)(H2,29,30,32,33). The van der Waals surface area contributed by atoms with Crippen LogP contribution < -0.4 is 16.0 Å². The monoisotopic (exact) mass is 461 g/mol. The molecule has 0 spiro atoms. The lowest BCUT2D eigenvalue weighted by Gasteiger charge is -2.55. The second-order valence-electron chi connectivity index (χ2n) is 10.4. The van der Waals surface area contributed by atoms with E-state index in [2.05, 4.69) is 16.0 Å². The van der Waals surface area contributed by atoms with Crippen molar-refractivity contribution in [1.29, 1.82) is 0 Å². The molecule has 2 aromatic carbocycles. The van der Waals surface area contributed by atoms with Gasteiger partial charge in [-0.3, -0.25) is 9.59 Å². The zero-order valence-electron chi connectivity index (χ0n) is 19.2. The molecular formula is C27H31N3O2S. The van der Waals surface area contributed by atoms with Crippen molar-refractivity contribution >= 4 is 40.5 Å². The van der Waals surface area contributed by atoms with Crippen molar-refractivity contribution in [3.63, 3.8) is 0 Å². The Morgan fingerprint density at radius 3 is 2.15 bits per heavy atom. The fraction of sp³-hybridized carbons (Fsp3) is 0.444. The van der Waals surface area contributed by atoms with E-state index in [1.54, 1.807) is 12.1 Å². The van der Waals surface area contributed by atoms with Gasteiger partial charge in [0.15, 0.2) is 5.11 Å². The van der Waals surface area contributed by atoms with Gasteiger partial charge in [0.25, 0.3) is 5.91 Å². The summed E-state index contributed by atoms with van der Waals surface area (Å²) >= 11 is 5.50. The molecule has 4 bridgehead atoms. The SMILES string of the molecule is Cc1ccc(NC(=O)c2ccccc2NC(=S)NC(=O)C23CC4CC(CC(C4)C2)C3)cc1C. The molecule has 172 valence electrons. The molecule has 0 saturated heterocycles. The number of anilines is 2. The minimum Gasteiger partial charge on any atom is -0.332 e. The summed E-state index contributed by atoms with van der Waals surface area (Å²) in [5, 5.41) is 9.28. The summed E-state index contributed by atoms with van der Waals surface area (Å²) in [5.74, 6) is 1.91. The predicted molar refractivity (Wildman–Crippen MR) is 135 cm³/mol. The van der Waals surface area contributed by atoms with Crippen molar-refractivity contribution in [2.24, 2.45) is 23.2 Å². The number of rotatable bonds is 4. The Bertz CT molecular complexity index is 1090. The van der Waals surface area contributed by atoms with Crippen LogP contribution in [0.5, 0.6) is 0 Å². The number of carbonyl (C=O) groups excluding carboxylic acids is 2. The minimum atomic E-state index is -0.263. The average Bonchev–Trinajstić information content (AvgIpc) is 2.75. The predicted octanol–water partition coefficient (Wildman–Crippen LogP) is 5.59. The summed E-state index contributed by atoms with van der Waals surface area (Å²) in [6.07, 6.45) is 6.84. The van der Waals surface area contributed by atoms with Crippen LogP contribution in [-0.2, 0) is 4.79 Å². The molecule has 0 aromatic heterocycles. The smallest absolute Gasteiger partial charge is 0.257 e. The fourth-order valence-electron chi connectivity index (χ4n) is 6.59. The van der Waals surface area contributed by atoms with Crippen molar-refractivity contribution in [2.45, 2.75) is 52.4 Å². The maximum atomic E-state index is 13.3. The molecule has 5 nitrogen and oxygen atoms in total. The number of nitrogens with one attached hydrogen (secondary N) is 3. The first-order chi connectivity index (χ1) is 15.8. The molecule has 3 N–H and O–H groups in total. The van der Waals surface area contributed by atoms with Gasteiger partial charge in [0, 0.05) is 5.69 Å². The van der Waals surface area contributed by atoms with Gasteiger partial charge in [-0.1, -0.05) is 18.2 Å². The van der Waals surface area contributed by atoms with E-state index < -0.39 is 0 Å². The molecule has 2 amide bonds. The van der Waals surface area contributed by atoms with Crippen LogP contribution in [0, 0.1) is 37.0 Å². The number of aryl methyl sites for hydroxylation is 2. The Kier molecular flexibility index (Phi) is 5.73. The highest BCUT2D eigenvalue weighted by Crippen LogP contribution is 2.60. The summed E-state index contributed by atoms with van der Waals surface area (Å²) in [5.41, 5.74) is 3.83. The second kappa shape index (κ2) is 8.56. The molecular weight excluding hydrogens is 430 g/mol. The van der Waals surface area contributed by atoms with E-state index >= 15 is 0 Å². The second-order valence-corrected chi connectivity index (χ2v) is 10.8. The largest absolute Gasteiger partial charge is 0.332 e. The molecule has 4 saturated carbocycles. The molecule has 0 atom stereocenters. The lowest BCUT2D eigenvalue weighted by atomic mass is 9.49. The highest BCUT2D eigenvalue weighted by atomic mass is 32.1. The highest BCUT2D eigenvalue weighted by Gasteiger charge is 2.54. The van der Waals surface area contributed by atoms with Gasteiger partial charge in [-0.15, -0.1) is 0 Å². The van der Waals surface area contributed by atoms with Crippen LogP contribution in [0.3, 0.4) is 0 Å². The van der Waals surface area contributed by atoms with Crippen LogP contribution in [0.2, 0.25) is 0 Å². The van der Waals surface area contributed by atoms with Gasteiger partial charge in [-0.05, 0) is 118 Å². The minimum absolute atomic E-state index is 0.0520. The highest BCUT2D eigenvalue weighted by molar-refractivity contribution is 7.80. The molecule has 0 aliphatic heterocycles. The Balaban J connectivity index is 1.26. The molecule has 2 aromatic rings. The number of amides is 2. The van der Waals surface area contributed by atoms with Crippen LogP contribution in [0.4, 0.5) is 11.4 Å². The van der Waals surface area contributed by atoms with Gasteiger partial charge < -0.3 is 16.0 Å². The van der Waals surface area contributed by atoms with Crippen molar-refractivity contribution < 1.29 is 9.59 Å². The number of hydrogen-bond acceptors (Lipinski definition) is 3. The lowest BCUT2D eigenvalue weighted by molar-refractivity contribution is -0.144.